The first kappa shape index (κ1) is 21.1. The monoisotopic (exact) mass is 417 g/mol. The van der Waals surface area contributed by atoms with Crippen LogP contribution in [-0.4, -0.2) is 71.7 Å². The molecule has 0 N–H and O–H groups in total. The normalized spacial score (nSPS) is 29.2. The van der Waals surface area contributed by atoms with Gasteiger partial charge in [0.1, 0.15) is 5.75 Å². The van der Waals surface area contributed by atoms with Crippen LogP contribution in [-0.2, 0) is 9.53 Å². The third kappa shape index (κ3) is 4.44. The number of carbonyl (C=O) groups is 1. The van der Waals surface area contributed by atoms with Gasteiger partial charge in [-0.15, -0.1) is 0 Å². The molecule has 1 aromatic carbocycles. The molecule has 3 aliphatic rings. The predicted molar refractivity (Wildman–Crippen MR) is 112 cm³/mol. The van der Waals surface area contributed by atoms with Crippen molar-refractivity contribution in [3.05, 3.63) is 34.4 Å². The lowest BCUT2D eigenvalue weighted by Gasteiger charge is -2.48. The van der Waals surface area contributed by atoms with E-state index in [1.54, 1.807) is 12.1 Å². The Labute approximate surface area is 177 Å². The first-order valence-corrected chi connectivity index (χ1v) is 11.0. The molecule has 0 radical (unpaired) electrons. The minimum atomic E-state index is -0.468. The van der Waals surface area contributed by atoms with Crippen LogP contribution in [0.25, 0.3) is 0 Å². The molecule has 1 aromatic rings. The van der Waals surface area contributed by atoms with Gasteiger partial charge in [0.05, 0.1) is 16.6 Å². The molecule has 3 fully saturated rings. The fourth-order valence-electron chi connectivity index (χ4n) is 5.35. The van der Waals surface area contributed by atoms with Crippen LogP contribution in [0.4, 0.5) is 5.69 Å². The Morgan fingerprint density at radius 1 is 1.33 bits per heavy atom. The molecule has 164 valence electrons. The maximum atomic E-state index is 12.9. The average Bonchev–Trinajstić information content (AvgIpc) is 3.44. The van der Waals surface area contributed by atoms with E-state index in [0.29, 0.717) is 11.8 Å². The molecule has 8 nitrogen and oxygen atoms in total. The summed E-state index contributed by atoms with van der Waals surface area (Å²) in [5.41, 5.74) is -0.0517. The molecule has 0 unspecified atom stereocenters. The third-order valence-corrected chi connectivity index (χ3v) is 7.00. The number of nitro benzene ring substituents is 1. The summed E-state index contributed by atoms with van der Waals surface area (Å²) < 4.78 is 11.8. The van der Waals surface area contributed by atoms with Crippen molar-refractivity contribution in [2.24, 2.45) is 0 Å². The molecule has 1 amide bonds. The molecule has 2 saturated heterocycles. The van der Waals surface area contributed by atoms with Gasteiger partial charge < -0.3 is 14.4 Å². The van der Waals surface area contributed by atoms with E-state index in [4.69, 9.17) is 9.47 Å². The van der Waals surface area contributed by atoms with E-state index < -0.39 is 4.92 Å². The number of carbonyl (C=O) groups excluding carboxylic acids is 1. The van der Waals surface area contributed by atoms with Crippen LogP contribution in [0, 0.1) is 10.1 Å². The van der Waals surface area contributed by atoms with Gasteiger partial charge in [0.2, 0.25) is 0 Å². The molecule has 1 aliphatic carbocycles. The van der Waals surface area contributed by atoms with Gasteiger partial charge in [-0.05, 0) is 64.1 Å². The van der Waals surface area contributed by atoms with Crippen LogP contribution in [0.5, 0.6) is 5.75 Å². The van der Waals surface area contributed by atoms with Gasteiger partial charge in [-0.2, -0.15) is 0 Å². The van der Waals surface area contributed by atoms with Crippen molar-refractivity contribution in [2.45, 2.75) is 62.6 Å². The Morgan fingerprint density at radius 3 is 2.83 bits per heavy atom. The summed E-state index contributed by atoms with van der Waals surface area (Å²) in [6, 6.07) is 6.40. The Bertz CT molecular complexity index is 774. The largest absolute Gasteiger partial charge is 0.484 e. The summed E-state index contributed by atoms with van der Waals surface area (Å²) in [6.07, 6.45) is 7.59. The molecular weight excluding hydrogens is 386 g/mol. The minimum absolute atomic E-state index is 0.00683. The van der Waals surface area contributed by atoms with E-state index in [-0.39, 0.29) is 29.8 Å². The molecule has 2 heterocycles. The molecule has 2 aliphatic heterocycles. The number of hydrogen-bond acceptors (Lipinski definition) is 6. The van der Waals surface area contributed by atoms with Gasteiger partial charge in [-0.25, -0.2) is 0 Å². The lowest BCUT2D eigenvalue weighted by atomic mass is 9.76. The number of amides is 1. The maximum absolute atomic E-state index is 12.9. The first-order chi connectivity index (χ1) is 14.5. The number of nitro groups is 1. The van der Waals surface area contributed by atoms with Crippen molar-refractivity contribution >= 4 is 11.6 Å². The average molecular weight is 418 g/mol. The van der Waals surface area contributed by atoms with Crippen LogP contribution < -0.4 is 4.74 Å². The second-order valence-corrected chi connectivity index (χ2v) is 8.80. The molecule has 0 aromatic heterocycles. The summed E-state index contributed by atoms with van der Waals surface area (Å²) >= 11 is 0. The van der Waals surface area contributed by atoms with Gasteiger partial charge in [-0.3, -0.25) is 19.8 Å². The second-order valence-electron chi connectivity index (χ2n) is 8.80. The molecule has 4 rings (SSSR count). The fourth-order valence-corrected chi connectivity index (χ4v) is 5.35. The van der Waals surface area contributed by atoms with Gasteiger partial charge in [0, 0.05) is 31.8 Å². The van der Waals surface area contributed by atoms with E-state index in [2.05, 4.69) is 4.90 Å². The van der Waals surface area contributed by atoms with Gasteiger partial charge in [0.15, 0.2) is 6.61 Å². The first-order valence-electron chi connectivity index (χ1n) is 11.0. The Kier molecular flexibility index (Phi) is 6.24. The lowest BCUT2D eigenvalue weighted by Crippen LogP contribution is -2.58. The Morgan fingerprint density at radius 2 is 2.13 bits per heavy atom. The summed E-state index contributed by atoms with van der Waals surface area (Å²) in [5, 5.41) is 10.9. The van der Waals surface area contributed by atoms with Gasteiger partial charge >= 0.3 is 0 Å². The highest BCUT2D eigenvalue weighted by Gasteiger charge is 2.47. The highest BCUT2D eigenvalue weighted by atomic mass is 16.6. The SMILES string of the molecule is CN(C(=O)COc1cccc([N+](=O)[O-])c1)[C@@H]1CC[C@]2(CCCO2)C[C@H]1N1CCCC1. The molecule has 1 saturated carbocycles. The minimum Gasteiger partial charge on any atom is -0.484 e. The van der Waals surface area contributed by atoms with Crippen molar-refractivity contribution in [3.8, 4) is 5.75 Å². The van der Waals surface area contributed by atoms with Crippen molar-refractivity contribution in [1.82, 2.24) is 9.80 Å². The molecule has 3 atom stereocenters. The van der Waals surface area contributed by atoms with Crippen LogP contribution in [0.2, 0.25) is 0 Å². The zero-order valence-electron chi connectivity index (χ0n) is 17.6. The molecule has 8 heteroatoms. The van der Waals surface area contributed by atoms with E-state index >= 15 is 0 Å². The molecule has 1 spiro atoms. The van der Waals surface area contributed by atoms with Crippen LogP contribution in [0.15, 0.2) is 24.3 Å². The summed E-state index contributed by atoms with van der Waals surface area (Å²) in [6.45, 7) is 2.90. The number of benzene rings is 1. The fraction of sp³-hybridized carbons (Fsp3) is 0.682. The molecule has 30 heavy (non-hydrogen) atoms. The Balaban J connectivity index is 1.41. The van der Waals surface area contributed by atoms with E-state index in [1.807, 2.05) is 11.9 Å². The number of hydrogen-bond donors (Lipinski definition) is 0. The van der Waals surface area contributed by atoms with Crippen LogP contribution in [0.1, 0.15) is 44.9 Å². The van der Waals surface area contributed by atoms with E-state index in [0.717, 1.165) is 51.8 Å². The number of non-ortho nitro benzene ring substituents is 1. The number of nitrogens with zero attached hydrogens (tertiary/aromatic N) is 3. The summed E-state index contributed by atoms with van der Waals surface area (Å²) in [4.78, 5) is 27.8. The zero-order chi connectivity index (χ0) is 21.1. The topological polar surface area (TPSA) is 85.2 Å². The zero-order valence-corrected chi connectivity index (χ0v) is 17.6. The van der Waals surface area contributed by atoms with Gasteiger partial charge in [0.25, 0.3) is 11.6 Å². The second kappa shape index (κ2) is 8.89. The highest BCUT2D eigenvalue weighted by molar-refractivity contribution is 5.78. The van der Waals surface area contributed by atoms with Crippen molar-refractivity contribution in [2.75, 3.05) is 33.4 Å². The smallest absolute Gasteiger partial charge is 0.273 e. The lowest BCUT2D eigenvalue weighted by molar-refractivity contribution is -0.384. The molecular formula is C22H31N3O5. The standard InChI is InChI=1S/C22H31N3O5/c1-23(21(26)16-29-18-7-4-6-17(14-18)25(27)28)19-8-10-22(9-5-13-30-22)15-20(19)24-11-2-3-12-24/h4,6-7,14,19-20H,2-3,5,8-13,15-16H2,1H3/t19-,20-,22-/m1/s1. The maximum Gasteiger partial charge on any atom is 0.273 e. The third-order valence-electron chi connectivity index (χ3n) is 7.00. The summed E-state index contributed by atoms with van der Waals surface area (Å²) in [7, 11) is 1.86. The number of likely N-dealkylation sites (N-methyl/N-ethyl adjacent to an activating group) is 1. The van der Waals surface area contributed by atoms with Gasteiger partial charge in [-0.1, -0.05) is 6.07 Å². The van der Waals surface area contributed by atoms with Crippen LogP contribution >= 0.6 is 0 Å². The van der Waals surface area contributed by atoms with Crippen molar-refractivity contribution in [3.63, 3.8) is 0 Å². The number of rotatable bonds is 6. The highest BCUT2D eigenvalue weighted by Crippen LogP contribution is 2.42. The van der Waals surface area contributed by atoms with Crippen LogP contribution in [0.3, 0.4) is 0 Å². The number of likely N-dealkylation sites (tertiary alicyclic amines) is 1. The summed E-state index contributed by atoms with van der Waals surface area (Å²) in [5.74, 6) is 0.239. The van der Waals surface area contributed by atoms with E-state index in [1.165, 1.54) is 25.0 Å². The molecule has 0 bridgehead atoms. The number of ether oxygens (including phenoxy) is 2. The quantitative estimate of drug-likeness (QED) is 0.523. The van der Waals surface area contributed by atoms with Crippen molar-refractivity contribution < 1.29 is 19.2 Å². The Hall–Kier alpha value is -2.19. The predicted octanol–water partition coefficient (Wildman–Crippen LogP) is 3.00. The van der Waals surface area contributed by atoms with E-state index in [9.17, 15) is 14.9 Å². The van der Waals surface area contributed by atoms with Crippen molar-refractivity contribution in [1.29, 1.82) is 0 Å².